The van der Waals surface area contributed by atoms with Gasteiger partial charge in [0, 0.05) is 42.6 Å². The van der Waals surface area contributed by atoms with Crippen molar-refractivity contribution >= 4 is 6.21 Å². The molecule has 6 heteroatoms. The second-order valence-electron chi connectivity index (χ2n) is 10.7. The monoisotopic (exact) mass is 455 g/mol. The number of ether oxygens (including phenoxy) is 2. The van der Waals surface area contributed by atoms with Gasteiger partial charge in [0.1, 0.15) is 0 Å². The maximum atomic E-state index is 14.0. The van der Waals surface area contributed by atoms with Gasteiger partial charge in [-0.25, -0.2) is 9.37 Å². The molecule has 2 saturated carbocycles. The second-order valence-corrected chi connectivity index (χ2v) is 10.7. The minimum Gasteiger partial charge on any atom is -0.479 e. The minimum absolute atomic E-state index is 0.0441. The summed E-state index contributed by atoms with van der Waals surface area (Å²) >= 11 is 0. The number of allylic oxidation sites excluding steroid dienone is 2. The van der Waals surface area contributed by atoms with Crippen LogP contribution in [0, 0.1) is 23.1 Å². The lowest BCUT2D eigenvalue weighted by molar-refractivity contribution is -0.115. The number of aliphatic imine (C=N–C) groups is 1. The third-order valence-electron chi connectivity index (χ3n) is 8.62. The Balaban J connectivity index is 1.26. The van der Waals surface area contributed by atoms with Crippen molar-refractivity contribution in [3.8, 4) is 5.88 Å². The highest BCUT2D eigenvalue weighted by molar-refractivity contribution is 5.65. The molecule has 2 aliphatic heterocycles. The molecule has 0 bridgehead atoms. The first kappa shape index (κ1) is 23.0. The smallest absolute Gasteiger partial charge is 0.250 e. The predicted octanol–water partition coefficient (Wildman–Crippen LogP) is 5.59. The lowest BCUT2D eigenvalue weighted by Gasteiger charge is -2.48. The molecule has 4 aliphatic rings. The molecule has 1 unspecified atom stereocenters. The Bertz CT molecular complexity index is 891. The molecule has 5 rings (SSSR count). The number of pyridine rings is 1. The van der Waals surface area contributed by atoms with Crippen LogP contribution in [0.15, 0.2) is 29.0 Å². The predicted molar refractivity (Wildman–Crippen MR) is 128 cm³/mol. The highest BCUT2D eigenvalue weighted by atomic mass is 19.1. The van der Waals surface area contributed by atoms with Crippen molar-refractivity contribution in [2.24, 2.45) is 22.2 Å². The summed E-state index contributed by atoms with van der Waals surface area (Å²) in [5.41, 5.74) is 2.24. The van der Waals surface area contributed by atoms with E-state index >= 15 is 0 Å². The molecule has 5 nitrogen and oxygen atoms in total. The van der Waals surface area contributed by atoms with E-state index in [2.05, 4.69) is 22.6 Å². The van der Waals surface area contributed by atoms with Crippen molar-refractivity contribution in [2.75, 3.05) is 20.3 Å². The molecule has 1 aromatic rings. The quantitative estimate of drug-likeness (QED) is 0.519. The van der Waals surface area contributed by atoms with Gasteiger partial charge in [-0.05, 0) is 75.5 Å². The van der Waals surface area contributed by atoms with Crippen LogP contribution in [0.2, 0.25) is 0 Å². The fourth-order valence-electron chi connectivity index (χ4n) is 6.46. The maximum Gasteiger partial charge on any atom is 0.250 e. The molecule has 0 aromatic carbocycles. The van der Waals surface area contributed by atoms with Crippen LogP contribution in [0.5, 0.6) is 5.88 Å². The Morgan fingerprint density at radius 3 is 2.73 bits per heavy atom. The molecule has 180 valence electrons. The van der Waals surface area contributed by atoms with Crippen LogP contribution in [0.4, 0.5) is 4.39 Å². The number of hydrogen-bond acceptors (Lipinski definition) is 5. The summed E-state index contributed by atoms with van der Waals surface area (Å²) in [5.74, 6) is 1.11. The van der Waals surface area contributed by atoms with Gasteiger partial charge in [-0.3, -0.25) is 4.99 Å². The first-order valence-electron chi connectivity index (χ1n) is 12.9. The van der Waals surface area contributed by atoms with Gasteiger partial charge in [-0.1, -0.05) is 25.3 Å². The van der Waals surface area contributed by atoms with Crippen LogP contribution in [0.1, 0.15) is 76.2 Å². The van der Waals surface area contributed by atoms with Crippen LogP contribution < -0.4 is 10.1 Å². The third-order valence-corrected chi connectivity index (χ3v) is 8.62. The zero-order chi connectivity index (χ0) is 22.7. The normalized spacial score (nSPS) is 29.2. The fraction of sp³-hybridized carbons (Fsp3) is 0.704. The van der Waals surface area contributed by atoms with E-state index in [1.54, 1.807) is 6.20 Å². The number of hydrogen-bond donors (Lipinski definition) is 1. The number of aromatic nitrogens is 1. The van der Waals surface area contributed by atoms with Crippen LogP contribution in [0.3, 0.4) is 0 Å². The minimum atomic E-state index is -0.413. The van der Waals surface area contributed by atoms with E-state index in [4.69, 9.17) is 14.5 Å². The molecule has 1 saturated heterocycles. The summed E-state index contributed by atoms with van der Waals surface area (Å²) in [6.07, 6.45) is 19.7. The van der Waals surface area contributed by atoms with Gasteiger partial charge < -0.3 is 14.8 Å². The molecule has 3 heterocycles. The van der Waals surface area contributed by atoms with Crippen LogP contribution in [-0.4, -0.2) is 37.1 Å². The molecule has 33 heavy (non-hydrogen) atoms. The van der Waals surface area contributed by atoms with Crippen molar-refractivity contribution < 1.29 is 13.9 Å². The van der Waals surface area contributed by atoms with Crippen molar-refractivity contribution in [1.29, 1.82) is 0 Å². The Hall–Kier alpha value is -1.79. The van der Waals surface area contributed by atoms with Crippen LogP contribution >= 0.6 is 0 Å². The van der Waals surface area contributed by atoms with Gasteiger partial charge in [0.25, 0.3) is 0 Å². The van der Waals surface area contributed by atoms with Crippen molar-refractivity contribution in [1.82, 2.24) is 10.3 Å². The van der Waals surface area contributed by atoms with E-state index in [9.17, 15) is 4.39 Å². The van der Waals surface area contributed by atoms with E-state index in [-0.39, 0.29) is 16.9 Å². The van der Waals surface area contributed by atoms with Crippen molar-refractivity contribution in [3.05, 3.63) is 35.4 Å². The van der Waals surface area contributed by atoms with E-state index in [1.807, 2.05) is 0 Å². The van der Waals surface area contributed by atoms with Crippen LogP contribution in [0.25, 0.3) is 0 Å². The third kappa shape index (κ3) is 4.88. The highest BCUT2D eigenvalue weighted by Crippen LogP contribution is 2.53. The number of halogens is 1. The largest absolute Gasteiger partial charge is 0.479 e. The second kappa shape index (κ2) is 9.83. The van der Waals surface area contributed by atoms with Gasteiger partial charge in [0.15, 0.2) is 5.82 Å². The Kier molecular flexibility index (Phi) is 6.84. The number of rotatable bonds is 8. The number of nitrogens with zero attached hydrogens (tertiary/aromatic N) is 2. The SMILES string of the molecule is COc1ncc(CNCC[C@@]2(C3=CCC(C4CCC4)C=N3)CCOC3(CCCC3)C2)cc1F. The molecule has 0 radical (unpaired) electrons. The molecular weight excluding hydrogens is 417 g/mol. The van der Waals surface area contributed by atoms with E-state index in [1.165, 1.54) is 63.8 Å². The summed E-state index contributed by atoms with van der Waals surface area (Å²) in [6, 6.07) is 1.51. The first-order chi connectivity index (χ1) is 16.1. The fourth-order valence-corrected chi connectivity index (χ4v) is 6.46. The topological polar surface area (TPSA) is 55.7 Å². The molecule has 1 spiro atoms. The van der Waals surface area contributed by atoms with Gasteiger partial charge in [0.05, 0.1) is 12.7 Å². The van der Waals surface area contributed by atoms with E-state index < -0.39 is 5.82 Å². The zero-order valence-electron chi connectivity index (χ0n) is 20.0. The molecule has 0 amide bonds. The van der Waals surface area contributed by atoms with Gasteiger partial charge in [-0.2, -0.15) is 0 Å². The molecule has 1 aromatic heterocycles. The molecular formula is C27H38FN3O2. The molecule has 2 atom stereocenters. The Labute approximate surface area is 197 Å². The summed E-state index contributed by atoms with van der Waals surface area (Å²) in [5, 5.41) is 3.53. The van der Waals surface area contributed by atoms with Gasteiger partial charge in [-0.15, -0.1) is 0 Å². The molecule has 1 N–H and O–H groups in total. The van der Waals surface area contributed by atoms with E-state index in [0.717, 1.165) is 50.3 Å². The van der Waals surface area contributed by atoms with E-state index in [0.29, 0.717) is 12.5 Å². The number of nitrogens with one attached hydrogen (secondary N) is 1. The molecule has 2 aliphatic carbocycles. The van der Waals surface area contributed by atoms with Gasteiger partial charge in [0.2, 0.25) is 5.88 Å². The summed E-state index contributed by atoms with van der Waals surface area (Å²) in [6.45, 7) is 2.28. The average Bonchev–Trinajstić information content (AvgIpc) is 3.23. The standard InChI is InChI=1S/C27H38FN3O2/c1-32-25-23(28)15-20(17-31-25)16-29-13-11-26(12-14-33-27(19-26)9-2-3-10-27)24-8-7-22(18-30-24)21-5-4-6-21/h8,15,17-18,21-22,29H,2-7,9-14,16,19H2,1H3/t22?,26-/m1/s1. The lowest BCUT2D eigenvalue weighted by Crippen LogP contribution is -2.45. The summed E-state index contributed by atoms with van der Waals surface area (Å²) < 4.78 is 25.3. The lowest BCUT2D eigenvalue weighted by atomic mass is 9.66. The average molecular weight is 456 g/mol. The van der Waals surface area contributed by atoms with Crippen molar-refractivity contribution in [3.63, 3.8) is 0 Å². The molecule has 3 fully saturated rings. The summed E-state index contributed by atoms with van der Waals surface area (Å²) in [7, 11) is 1.44. The summed E-state index contributed by atoms with van der Waals surface area (Å²) in [4.78, 5) is 9.16. The van der Waals surface area contributed by atoms with Gasteiger partial charge >= 0.3 is 0 Å². The Morgan fingerprint density at radius 2 is 2.06 bits per heavy atom. The van der Waals surface area contributed by atoms with Crippen molar-refractivity contribution in [2.45, 2.75) is 82.8 Å². The number of methoxy groups -OCH3 is 1. The Morgan fingerprint density at radius 1 is 1.21 bits per heavy atom. The maximum absolute atomic E-state index is 14.0. The first-order valence-corrected chi connectivity index (χ1v) is 12.9. The zero-order valence-corrected chi connectivity index (χ0v) is 20.0. The highest BCUT2D eigenvalue weighted by Gasteiger charge is 2.49. The van der Waals surface area contributed by atoms with Crippen LogP contribution in [-0.2, 0) is 11.3 Å².